The first-order valence-electron chi connectivity index (χ1n) is 21.2. The zero-order chi connectivity index (χ0) is 41.3. The molecule has 0 aromatic heterocycles. The Morgan fingerprint density at radius 3 is 2.04 bits per heavy atom. The molecule has 4 aliphatic carbocycles. The average Bonchev–Trinajstić information content (AvgIpc) is 3.71. The van der Waals surface area contributed by atoms with Crippen molar-refractivity contribution in [1.82, 2.24) is 0 Å². The smallest absolute Gasteiger partial charge is 0.187 e. The minimum Gasteiger partial charge on any atom is -0.394 e. The molecular formula is C42H72O14. The number of hydrogen-bond acceptors (Lipinski definition) is 14. The zero-order valence-electron chi connectivity index (χ0n) is 34.8. The molecule has 7 fully saturated rings. The van der Waals surface area contributed by atoms with Gasteiger partial charge in [0.2, 0.25) is 0 Å². The van der Waals surface area contributed by atoms with Crippen molar-refractivity contribution in [2.45, 2.75) is 211 Å². The molecule has 0 aromatic rings. The first-order chi connectivity index (χ1) is 25.9. The molecule has 3 aliphatic heterocycles. The maximum Gasteiger partial charge on any atom is 0.187 e. The molecule has 4 saturated carbocycles. The van der Waals surface area contributed by atoms with Crippen molar-refractivity contribution < 1.29 is 69.6 Å². The second-order valence-electron chi connectivity index (χ2n) is 21.2. The molecule has 3 heterocycles. The molecule has 22 atom stereocenters. The van der Waals surface area contributed by atoms with Gasteiger partial charge in [0.15, 0.2) is 12.6 Å². The van der Waals surface area contributed by atoms with Crippen LogP contribution in [-0.2, 0) is 23.7 Å². The van der Waals surface area contributed by atoms with Crippen LogP contribution in [0.4, 0.5) is 0 Å². The summed E-state index contributed by atoms with van der Waals surface area (Å²) in [6.07, 6.45) is -11.0. The third-order valence-electron chi connectivity index (χ3n) is 17.3. The average molecular weight is 801 g/mol. The van der Waals surface area contributed by atoms with Crippen LogP contribution in [0.25, 0.3) is 0 Å². The van der Waals surface area contributed by atoms with E-state index in [1.165, 1.54) is 6.92 Å². The lowest BCUT2D eigenvalue weighted by molar-refractivity contribution is -0.382. The minimum absolute atomic E-state index is 0.0557. The van der Waals surface area contributed by atoms with Crippen LogP contribution in [-0.4, -0.2) is 150 Å². The van der Waals surface area contributed by atoms with Crippen LogP contribution in [0.1, 0.15) is 114 Å². The van der Waals surface area contributed by atoms with E-state index in [4.69, 9.17) is 23.7 Å². The lowest BCUT2D eigenvalue weighted by atomic mass is 9.34. The van der Waals surface area contributed by atoms with E-state index >= 15 is 0 Å². The monoisotopic (exact) mass is 800 g/mol. The summed E-state index contributed by atoms with van der Waals surface area (Å²) in [6, 6.07) is 0. The molecule has 0 aromatic carbocycles. The van der Waals surface area contributed by atoms with Gasteiger partial charge in [0, 0.05) is 0 Å². The molecule has 324 valence electrons. The van der Waals surface area contributed by atoms with Crippen molar-refractivity contribution in [3.63, 3.8) is 0 Å². The van der Waals surface area contributed by atoms with E-state index in [9.17, 15) is 46.0 Å². The van der Waals surface area contributed by atoms with Gasteiger partial charge in [0.1, 0.15) is 42.7 Å². The van der Waals surface area contributed by atoms with Gasteiger partial charge in [-0.1, -0.05) is 34.6 Å². The van der Waals surface area contributed by atoms with Crippen molar-refractivity contribution >= 4 is 0 Å². The first-order valence-corrected chi connectivity index (χ1v) is 21.2. The third-order valence-corrected chi connectivity index (χ3v) is 17.3. The second kappa shape index (κ2) is 14.5. The largest absolute Gasteiger partial charge is 0.394 e. The Morgan fingerprint density at radius 1 is 0.732 bits per heavy atom. The molecule has 14 heteroatoms. The summed E-state index contributed by atoms with van der Waals surface area (Å²) in [6.45, 7) is 17.6. The predicted molar refractivity (Wildman–Crippen MR) is 200 cm³/mol. The Bertz CT molecular complexity index is 1430. The van der Waals surface area contributed by atoms with Gasteiger partial charge in [-0.05, 0) is 124 Å². The Labute approximate surface area is 331 Å². The third kappa shape index (κ3) is 6.49. The van der Waals surface area contributed by atoms with Gasteiger partial charge in [-0.2, -0.15) is 0 Å². The number of fused-ring (bicyclic) bond motifs is 5. The fourth-order valence-electron chi connectivity index (χ4n) is 14.1. The quantitative estimate of drug-likeness (QED) is 0.166. The van der Waals surface area contributed by atoms with E-state index < -0.39 is 114 Å². The van der Waals surface area contributed by atoms with E-state index in [0.29, 0.717) is 25.7 Å². The lowest BCUT2D eigenvalue weighted by Crippen LogP contribution is -2.71. The van der Waals surface area contributed by atoms with Crippen LogP contribution in [0.2, 0.25) is 0 Å². The van der Waals surface area contributed by atoms with Gasteiger partial charge < -0.3 is 69.6 Å². The van der Waals surface area contributed by atoms with Crippen molar-refractivity contribution in [3.8, 4) is 0 Å². The number of hydrogen-bond donors (Lipinski definition) is 9. The Balaban J connectivity index is 1.26. The summed E-state index contributed by atoms with van der Waals surface area (Å²) in [7, 11) is 0. The topological polar surface area (TPSA) is 228 Å². The molecule has 14 nitrogen and oxygen atoms in total. The minimum atomic E-state index is -1.70. The normalized spacial score (nSPS) is 57.3. The van der Waals surface area contributed by atoms with Crippen molar-refractivity contribution in [2.24, 2.45) is 45.3 Å². The highest BCUT2D eigenvalue weighted by Gasteiger charge is 2.74. The molecule has 7 aliphatic rings. The van der Waals surface area contributed by atoms with Crippen LogP contribution >= 0.6 is 0 Å². The Morgan fingerprint density at radius 2 is 1.41 bits per heavy atom. The summed E-state index contributed by atoms with van der Waals surface area (Å²) in [4.78, 5) is 0. The molecule has 56 heavy (non-hydrogen) atoms. The van der Waals surface area contributed by atoms with Crippen LogP contribution in [0, 0.1) is 45.3 Å². The van der Waals surface area contributed by atoms with Crippen LogP contribution in [0.3, 0.4) is 0 Å². The number of aliphatic hydroxyl groups is 9. The van der Waals surface area contributed by atoms with Crippen LogP contribution in [0.5, 0.6) is 0 Å². The summed E-state index contributed by atoms with van der Waals surface area (Å²) < 4.78 is 32.0. The van der Waals surface area contributed by atoms with Crippen molar-refractivity contribution in [3.05, 3.63) is 0 Å². The fraction of sp³-hybridized carbons (Fsp3) is 1.00. The van der Waals surface area contributed by atoms with E-state index in [0.717, 1.165) is 25.7 Å². The molecule has 3 saturated heterocycles. The summed E-state index contributed by atoms with van der Waals surface area (Å²) in [5.41, 5.74) is -3.36. The van der Waals surface area contributed by atoms with E-state index in [2.05, 4.69) is 41.5 Å². The van der Waals surface area contributed by atoms with E-state index in [1.54, 1.807) is 13.8 Å². The van der Waals surface area contributed by atoms with Crippen molar-refractivity contribution in [2.75, 3.05) is 6.61 Å². The first kappa shape index (κ1) is 43.5. The molecule has 0 bridgehead atoms. The number of aliphatic hydroxyl groups excluding tert-OH is 8. The van der Waals surface area contributed by atoms with E-state index in [1.807, 2.05) is 0 Å². The molecule has 9 N–H and O–H groups in total. The van der Waals surface area contributed by atoms with Crippen LogP contribution in [0.15, 0.2) is 0 Å². The Hall–Kier alpha value is -0.560. The molecule has 14 unspecified atom stereocenters. The summed E-state index contributed by atoms with van der Waals surface area (Å²) >= 11 is 0. The van der Waals surface area contributed by atoms with Crippen molar-refractivity contribution in [1.29, 1.82) is 0 Å². The summed E-state index contributed by atoms with van der Waals surface area (Å²) in [5.74, 6) is -0.246. The predicted octanol–water partition coefficient (Wildman–Crippen LogP) is 1.36. The summed E-state index contributed by atoms with van der Waals surface area (Å²) in [5, 5.41) is 99.5. The van der Waals surface area contributed by atoms with Gasteiger partial charge in [0.25, 0.3) is 0 Å². The van der Waals surface area contributed by atoms with Gasteiger partial charge in [-0.3, -0.25) is 0 Å². The molecule has 7 rings (SSSR count). The number of ether oxygens (including phenoxy) is 5. The lowest BCUT2D eigenvalue weighted by Gasteiger charge is -2.72. The standard InChI is InChI=1S/C42H72O14/c1-19-28(46)30(48)32(50)35(52-19)55-33-31(49)29(47)23(18-43)54-36(33)53-22-17-41(8)24(39(6)13-11-25(45)37(2,3)34(22)39)16-21(44)27-20(10-14-40(27,41)7)42(9)15-12-26(56-42)38(4,5)51/h19-36,43-51H,10-18H2,1-9H3/t19?,20-,21?,22?,23?,24?,25?,26-,27?,28?,29?,30?,31?,32?,33?,34?,35-,36+,39+,40+,41+,42-/m0/s1. The molecule has 0 spiro atoms. The van der Waals surface area contributed by atoms with Gasteiger partial charge >= 0.3 is 0 Å². The maximum absolute atomic E-state index is 12.4. The maximum atomic E-state index is 12.4. The highest BCUT2D eigenvalue weighted by molar-refractivity contribution is 5.22. The van der Waals surface area contributed by atoms with E-state index in [-0.39, 0.29) is 35.2 Å². The second-order valence-corrected chi connectivity index (χ2v) is 21.2. The van der Waals surface area contributed by atoms with Gasteiger partial charge in [0.05, 0.1) is 48.3 Å². The molecule has 0 amide bonds. The molecular weight excluding hydrogens is 728 g/mol. The van der Waals surface area contributed by atoms with Gasteiger partial charge in [-0.15, -0.1) is 0 Å². The zero-order valence-corrected chi connectivity index (χ0v) is 34.8. The fourth-order valence-corrected chi connectivity index (χ4v) is 14.1. The van der Waals surface area contributed by atoms with Crippen LogP contribution < -0.4 is 0 Å². The Kier molecular flexibility index (Phi) is 11.3. The number of rotatable bonds is 7. The highest BCUT2D eigenvalue weighted by Crippen LogP contribution is 2.76. The van der Waals surface area contributed by atoms with Gasteiger partial charge in [-0.25, -0.2) is 0 Å². The highest BCUT2D eigenvalue weighted by atomic mass is 16.8. The SMILES string of the molecule is CC1O[C@@H](OC2C(O)C(O)C(CO)O[C@H]2OC2C[C@]3(C)C(CC(O)C4[C@@H]([C@]5(C)CC[C@@H](C(C)(C)O)O5)CC[C@]43C)[C@@]3(C)CCC(O)C(C)(C)C23)C(O)C(O)C1O. The molecule has 0 radical (unpaired) electrons.